The number of aryl methyl sites for hydroxylation is 1. The van der Waals surface area contributed by atoms with Crippen molar-refractivity contribution < 1.29 is 13.2 Å². The highest BCUT2D eigenvalue weighted by atomic mass is 32.2. The van der Waals surface area contributed by atoms with Crippen LogP contribution in [0.1, 0.15) is 23.1 Å². The van der Waals surface area contributed by atoms with Gasteiger partial charge >= 0.3 is 0 Å². The lowest BCUT2D eigenvalue weighted by Crippen LogP contribution is -2.50. The van der Waals surface area contributed by atoms with Crippen LogP contribution in [0.3, 0.4) is 0 Å². The summed E-state index contributed by atoms with van der Waals surface area (Å²) >= 11 is 0. The molecule has 1 aliphatic heterocycles. The molecular weight excluding hydrogens is 374 g/mol. The lowest BCUT2D eigenvalue weighted by Gasteiger charge is -2.34. The Morgan fingerprint density at radius 3 is 2.18 bits per heavy atom. The van der Waals surface area contributed by atoms with E-state index in [0.29, 0.717) is 44.6 Å². The van der Waals surface area contributed by atoms with Crippen molar-refractivity contribution in [2.75, 3.05) is 26.2 Å². The minimum Gasteiger partial charge on any atom is -0.340 e. The minimum absolute atomic E-state index is 0.0134. The third-order valence-electron chi connectivity index (χ3n) is 4.89. The molecule has 1 saturated heterocycles. The van der Waals surface area contributed by atoms with Crippen LogP contribution in [0.5, 0.6) is 0 Å². The Morgan fingerprint density at radius 1 is 0.929 bits per heavy atom. The van der Waals surface area contributed by atoms with Gasteiger partial charge in [0.25, 0.3) is 0 Å². The fourth-order valence-corrected chi connectivity index (χ4v) is 4.76. The van der Waals surface area contributed by atoms with Gasteiger partial charge in [-0.15, -0.1) is 0 Å². The summed E-state index contributed by atoms with van der Waals surface area (Å²) in [5.74, 6) is 0.0185. The van der Waals surface area contributed by atoms with Gasteiger partial charge in [-0.3, -0.25) is 4.79 Å². The molecule has 2 aromatic rings. The van der Waals surface area contributed by atoms with Crippen LogP contribution in [0, 0.1) is 11.3 Å². The number of sulfonamides is 1. The summed E-state index contributed by atoms with van der Waals surface area (Å²) in [5.41, 5.74) is 2.38. The van der Waals surface area contributed by atoms with Crippen LogP contribution >= 0.6 is 0 Å². The molecular formula is C21H23N3O3S. The first-order valence-electron chi connectivity index (χ1n) is 9.26. The number of benzene rings is 2. The molecule has 0 saturated carbocycles. The number of amides is 1. The van der Waals surface area contributed by atoms with Gasteiger partial charge in [0, 0.05) is 32.6 Å². The first-order valence-corrected chi connectivity index (χ1v) is 10.9. The van der Waals surface area contributed by atoms with E-state index < -0.39 is 10.0 Å². The van der Waals surface area contributed by atoms with E-state index in [-0.39, 0.29) is 11.7 Å². The van der Waals surface area contributed by atoms with Crippen molar-refractivity contribution in [3.05, 3.63) is 71.3 Å². The zero-order valence-electron chi connectivity index (χ0n) is 15.6. The van der Waals surface area contributed by atoms with Gasteiger partial charge in [0.2, 0.25) is 15.9 Å². The summed E-state index contributed by atoms with van der Waals surface area (Å²) < 4.78 is 26.7. The number of hydrogen-bond acceptors (Lipinski definition) is 4. The van der Waals surface area contributed by atoms with Gasteiger partial charge in [0.05, 0.1) is 17.4 Å². The molecule has 0 N–H and O–H groups in total. The standard InChI is InChI=1S/C21H23N3O3S/c22-16-19-8-6-18(7-9-19)10-11-21(25)23-12-14-24(15-13-23)28(26,27)17-20-4-2-1-3-5-20/h1-9H,10-15,17H2. The summed E-state index contributed by atoms with van der Waals surface area (Å²) in [5, 5.41) is 8.82. The molecule has 1 fully saturated rings. The van der Waals surface area contributed by atoms with Crippen molar-refractivity contribution >= 4 is 15.9 Å². The Hall–Kier alpha value is -2.69. The molecule has 0 aliphatic carbocycles. The van der Waals surface area contributed by atoms with E-state index in [0.717, 1.165) is 11.1 Å². The maximum Gasteiger partial charge on any atom is 0.222 e. The first kappa shape index (κ1) is 20.1. The number of piperazine rings is 1. The van der Waals surface area contributed by atoms with Gasteiger partial charge in [-0.2, -0.15) is 9.57 Å². The van der Waals surface area contributed by atoms with Crippen molar-refractivity contribution in [1.82, 2.24) is 9.21 Å². The fourth-order valence-electron chi connectivity index (χ4n) is 3.25. The van der Waals surface area contributed by atoms with Crippen molar-refractivity contribution in [2.45, 2.75) is 18.6 Å². The van der Waals surface area contributed by atoms with E-state index in [2.05, 4.69) is 6.07 Å². The molecule has 3 rings (SSSR count). The number of nitrogens with zero attached hydrogens (tertiary/aromatic N) is 3. The number of rotatable bonds is 6. The molecule has 0 spiro atoms. The molecule has 1 amide bonds. The van der Waals surface area contributed by atoms with Gasteiger partial charge in [0.1, 0.15) is 0 Å². The van der Waals surface area contributed by atoms with Crippen molar-refractivity contribution in [1.29, 1.82) is 5.26 Å². The summed E-state index contributed by atoms with van der Waals surface area (Å²) in [6, 6.07) is 18.4. The van der Waals surface area contributed by atoms with Crippen LogP contribution < -0.4 is 0 Å². The minimum atomic E-state index is -3.38. The molecule has 2 aromatic carbocycles. The Bertz CT molecular complexity index is 943. The third kappa shape index (κ3) is 5.18. The second-order valence-corrected chi connectivity index (χ2v) is 8.80. The van der Waals surface area contributed by atoms with Crippen LogP contribution in [0.25, 0.3) is 0 Å². The summed E-state index contributed by atoms with van der Waals surface area (Å²) in [6.45, 7) is 1.50. The second-order valence-electron chi connectivity index (χ2n) is 6.83. The van der Waals surface area contributed by atoms with E-state index >= 15 is 0 Å². The summed E-state index contributed by atoms with van der Waals surface area (Å²) in [7, 11) is -3.38. The highest BCUT2D eigenvalue weighted by molar-refractivity contribution is 7.88. The molecule has 1 aliphatic rings. The third-order valence-corrected chi connectivity index (χ3v) is 6.74. The molecule has 0 aromatic heterocycles. The number of hydrogen-bond donors (Lipinski definition) is 0. The van der Waals surface area contributed by atoms with E-state index in [9.17, 15) is 13.2 Å². The molecule has 0 bridgehead atoms. The van der Waals surface area contributed by atoms with Crippen molar-refractivity contribution in [3.63, 3.8) is 0 Å². The van der Waals surface area contributed by atoms with E-state index in [1.54, 1.807) is 29.2 Å². The average molecular weight is 398 g/mol. The molecule has 0 atom stereocenters. The number of nitriles is 1. The Morgan fingerprint density at radius 2 is 1.57 bits per heavy atom. The number of carbonyl (C=O) groups excluding carboxylic acids is 1. The normalized spacial score (nSPS) is 15.2. The molecule has 0 radical (unpaired) electrons. The van der Waals surface area contributed by atoms with E-state index in [4.69, 9.17) is 5.26 Å². The van der Waals surface area contributed by atoms with E-state index in [1.165, 1.54) is 4.31 Å². The first-order chi connectivity index (χ1) is 13.5. The Kier molecular flexibility index (Phi) is 6.45. The van der Waals surface area contributed by atoms with Gasteiger partial charge in [0.15, 0.2) is 0 Å². The smallest absolute Gasteiger partial charge is 0.222 e. The highest BCUT2D eigenvalue weighted by Crippen LogP contribution is 2.15. The zero-order valence-corrected chi connectivity index (χ0v) is 16.4. The lowest BCUT2D eigenvalue weighted by atomic mass is 10.1. The van der Waals surface area contributed by atoms with Crippen LogP contribution in [-0.2, 0) is 27.0 Å². The van der Waals surface area contributed by atoms with Gasteiger partial charge in [-0.1, -0.05) is 42.5 Å². The van der Waals surface area contributed by atoms with Gasteiger partial charge < -0.3 is 4.90 Å². The van der Waals surface area contributed by atoms with Crippen LogP contribution in [0.2, 0.25) is 0 Å². The van der Waals surface area contributed by atoms with Crippen LogP contribution in [-0.4, -0.2) is 49.7 Å². The quantitative estimate of drug-likeness (QED) is 0.748. The predicted octanol–water partition coefficient (Wildman–Crippen LogP) is 2.17. The van der Waals surface area contributed by atoms with Gasteiger partial charge in [-0.05, 0) is 29.7 Å². The monoisotopic (exact) mass is 397 g/mol. The molecule has 0 unspecified atom stereocenters. The highest BCUT2D eigenvalue weighted by Gasteiger charge is 2.28. The SMILES string of the molecule is N#Cc1ccc(CCC(=O)N2CCN(S(=O)(=O)Cc3ccccc3)CC2)cc1. The fraction of sp³-hybridized carbons (Fsp3) is 0.333. The number of carbonyl (C=O) groups is 1. The molecule has 1 heterocycles. The largest absolute Gasteiger partial charge is 0.340 e. The average Bonchev–Trinajstić information content (AvgIpc) is 2.73. The topological polar surface area (TPSA) is 81.5 Å². The Labute approximate surface area is 166 Å². The maximum atomic E-state index is 12.6. The van der Waals surface area contributed by atoms with Crippen molar-refractivity contribution in [2.24, 2.45) is 0 Å². The maximum absolute atomic E-state index is 12.6. The van der Waals surface area contributed by atoms with Crippen molar-refractivity contribution in [3.8, 4) is 6.07 Å². The molecule has 28 heavy (non-hydrogen) atoms. The van der Waals surface area contributed by atoms with Crippen LogP contribution in [0.4, 0.5) is 0 Å². The molecule has 146 valence electrons. The van der Waals surface area contributed by atoms with Crippen LogP contribution in [0.15, 0.2) is 54.6 Å². The second kappa shape index (κ2) is 9.00. The van der Waals surface area contributed by atoms with Gasteiger partial charge in [-0.25, -0.2) is 8.42 Å². The predicted molar refractivity (Wildman–Crippen MR) is 107 cm³/mol. The lowest BCUT2D eigenvalue weighted by molar-refractivity contribution is -0.132. The molecule has 6 nitrogen and oxygen atoms in total. The zero-order chi connectivity index (χ0) is 20.0. The molecule has 7 heteroatoms. The summed E-state index contributed by atoms with van der Waals surface area (Å²) in [6.07, 6.45) is 0.986. The summed E-state index contributed by atoms with van der Waals surface area (Å²) in [4.78, 5) is 14.2. The van der Waals surface area contributed by atoms with E-state index in [1.807, 2.05) is 30.3 Å². The Balaban J connectivity index is 1.48.